The number of nitrogens with zero attached hydrogens (tertiary/aromatic N) is 1. The summed E-state index contributed by atoms with van der Waals surface area (Å²) in [6, 6.07) is 21.6. The number of aromatic amines is 1. The normalized spacial score (nSPS) is 11.6. The number of H-pyrrole nitrogens is 1. The standard InChI is InChI=1S/C25H23N3O5/c1-31-18-10-8-16(9-11-18)14-22(29)26-24-20-15-19(12-13-21(20)27-28-24)33-23(25(30)32-2)17-6-4-3-5-7-17/h3-13,15,23H,14H2,1-2H3,(H2,26,27,28,29). The van der Waals surface area contributed by atoms with Crippen LogP contribution in [0.15, 0.2) is 72.8 Å². The van der Waals surface area contributed by atoms with Gasteiger partial charge in [0.05, 0.1) is 26.2 Å². The van der Waals surface area contributed by atoms with Crippen molar-refractivity contribution in [3.63, 3.8) is 0 Å². The van der Waals surface area contributed by atoms with E-state index < -0.39 is 12.1 Å². The van der Waals surface area contributed by atoms with E-state index in [9.17, 15) is 9.59 Å². The summed E-state index contributed by atoms with van der Waals surface area (Å²) in [5, 5.41) is 10.6. The number of ether oxygens (including phenoxy) is 3. The topological polar surface area (TPSA) is 103 Å². The highest BCUT2D eigenvalue weighted by Crippen LogP contribution is 2.29. The number of hydrogen-bond donors (Lipinski definition) is 2. The van der Waals surface area contributed by atoms with E-state index in [1.54, 1.807) is 49.6 Å². The lowest BCUT2D eigenvalue weighted by molar-refractivity contribution is -0.149. The fraction of sp³-hybridized carbons (Fsp3) is 0.160. The molecular weight excluding hydrogens is 422 g/mol. The van der Waals surface area contributed by atoms with Crippen LogP contribution in [0.5, 0.6) is 11.5 Å². The van der Waals surface area contributed by atoms with Gasteiger partial charge in [-0.25, -0.2) is 4.79 Å². The highest BCUT2D eigenvalue weighted by molar-refractivity contribution is 6.00. The van der Waals surface area contributed by atoms with E-state index in [2.05, 4.69) is 15.5 Å². The maximum Gasteiger partial charge on any atom is 0.351 e. The smallest absolute Gasteiger partial charge is 0.351 e. The fourth-order valence-electron chi connectivity index (χ4n) is 3.39. The second-order valence-corrected chi connectivity index (χ2v) is 7.28. The molecule has 0 radical (unpaired) electrons. The quantitative estimate of drug-likeness (QED) is 0.397. The summed E-state index contributed by atoms with van der Waals surface area (Å²) in [6.45, 7) is 0. The van der Waals surface area contributed by atoms with Gasteiger partial charge in [0.15, 0.2) is 5.82 Å². The van der Waals surface area contributed by atoms with Gasteiger partial charge in [0, 0.05) is 10.9 Å². The first kappa shape index (κ1) is 21.9. The lowest BCUT2D eigenvalue weighted by Gasteiger charge is -2.17. The molecule has 0 aliphatic carbocycles. The number of benzene rings is 3. The van der Waals surface area contributed by atoms with Gasteiger partial charge in [0.25, 0.3) is 0 Å². The van der Waals surface area contributed by atoms with E-state index >= 15 is 0 Å². The van der Waals surface area contributed by atoms with Crippen LogP contribution in [-0.4, -0.2) is 36.3 Å². The molecule has 0 saturated heterocycles. The van der Waals surface area contributed by atoms with Gasteiger partial charge in [0.2, 0.25) is 12.0 Å². The zero-order chi connectivity index (χ0) is 23.2. The molecule has 1 aromatic heterocycles. The summed E-state index contributed by atoms with van der Waals surface area (Å²) in [7, 11) is 2.91. The van der Waals surface area contributed by atoms with Gasteiger partial charge in [-0.2, -0.15) is 5.10 Å². The number of aromatic nitrogens is 2. The number of hydrogen-bond acceptors (Lipinski definition) is 6. The Bertz CT molecular complexity index is 1250. The Morgan fingerprint density at radius 1 is 0.970 bits per heavy atom. The van der Waals surface area contributed by atoms with Gasteiger partial charge in [0.1, 0.15) is 11.5 Å². The van der Waals surface area contributed by atoms with Crippen LogP contribution in [0.25, 0.3) is 10.9 Å². The molecule has 1 heterocycles. The summed E-state index contributed by atoms with van der Waals surface area (Å²) >= 11 is 0. The number of carbonyl (C=O) groups excluding carboxylic acids is 2. The number of carbonyl (C=O) groups is 2. The lowest BCUT2D eigenvalue weighted by Crippen LogP contribution is -2.20. The molecule has 2 N–H and O–H groups in total. The van der Waals surface area contributed by atoms with E-state index in [0.717, 1.165) is 16.8 Å². The van der Waals surface area contributed by atoms with Crippen molar-refractivity contribution in [2.75, 3.05) is 19.5 Å². The number of anilines is 1. The monoisotopic (exact) mass is 445 g/mol. The molecule has 8 heteroatoms. The lowest BCUT2D eigenvalue weighted by atomic mass is 10.1. The van der Waals surface area contributed by atoms with E-state index in [1.807, 2.05) is 30.3 Å². The molecule has 4 rings (SSSR count). The molecule has 0 fully saturated rings. The average Bonchev–Trinajstić information content (AvgIpc) is 3.24. The van der Waals surface area contributed by atoms with Crippen molar-refractivity contribution < 1.29 is 23.8 Å². The summed E-state index contributed by atoms with van der Waals surface area (Å²) in [5.74, 6) is 0.820. The molecule has 0 aliphatic heterocycles. The van der Waals surface area contributed by atoms with Crippen molar-refractivity contribution in [2.24, 2.45) is 0 Å². The van der Waals surface area contributed by atoms with Gasteiger partial charge in [-0.15, -0.1) is 0 Å². The zero-order valence-electron chi connectivity index (χ0n) is 18.2. The Morgan fingerprint density at radius 2 is 1.70 bits per heavy atom. The summed E-state index contributed by atoms with van der Waals surface area (Å²) < 4.78 is 16.0. The maximum atomic E-state index is 12.6. The SMILES string of the molecule is COC(=O)C(Oc1ccc2[nH]nc(NC(=O)Cc3ccc(OC)cc3)c2c1)c1ccccc1. The van der Waals surface area contributed by atoms with Gasteiger partial charge in [-0.3, -0.25) is 9.89 Å². The molecule has 33 heavy (non-hydrogen) atoms. The van der Waals surface area contributed by atoms with Crippen LogP contribution in [0.3, 0.4) is 0 Å². The number of fused-ring (bicyclic) bond motifs is 1. The van der Waals surface area contributed by atoms with Crippen LogP contribution in [0.1, 0.15) is 17.2 Å². The predicted molar refractivity (Wildman–Crippen MR) is 123 cm³/mol. The highest BCUT2D eigenvalue weighted by Gasteiger charge is 2.24. The third-order valence-corrected chi connectivity index (χ3v) is 5.09. The molecule has 0 saturated carbocycles. The number of esters is 1. The first-order valence-electron chi connectivity index (χ1n) is 10.3. The Labute approximate surface area is 190 Å². The Balaban J connectivity index is 1.52. The molecule has 3 aromatic carbocycles. The fourth-order valence-corrected chi connectivity index (χ4v) is 3.39. The summed E-state index contributed by atoms with van der Waals surface area (Å²) in [6.07, 6.45) is -0.735. The molecule has 0 aliphatic rings. The summed E-state index contributed by atoms with van der Waals surface area (Å²) in [5.41, 5.74) is 2.24. The van der Waals surface area contributed by atoms with Crippen LogP contribution in [0.4, 0.5) is 5.82 Å². The van der Waals surface area contributed by atoms with Crippen LogP contribution in [0.2, 0.25) is 0 Å². The minimum atomic E-state index is -0.923. The van der Waals surface area contributed by atoms with E-state index in [-0.39, 0.29) is 12.3 Å². The van der Waals surface area contributed by atoms with Gasteiger partial charge < -0.3 is 19.5 Å². The third kappa shape index (κ3) is 5.12. The minimum absolute atomic E-state index is 0.187. The molecule has 0 spiro atoms. The third-order valence-electron chi connectivity index (χ3n) is 5.09. The number of methoxy groups -OCH3 is 2. The van der Waals surface area contributed by atoms with Crippen molar-refractivity contribution >= 4 is 28.6 Å². The van der Waals surface area contributed by atoms with Crippen molar-refractivity contribution in [2.45, 2.75) is 12.5 Å². The predicted octanol–water partition coefficient (Wildman–Crippen LogP) is 4.05. The van der Waals surface area contributed by atoms with Crippen molar-refractivity contribution in [1.82, 2.24) is 10.2 Å². The first-order valence-corrected chi connectivity index (χ1v) is 10.3. The minimum Gasteiger partial charge on any atom is -0.497 e. The number of nitrogens with one attached hydrogen (secondary N) is 2. The van der Waals surface area contributed by atoms with E-state index in [4.69, 9.17) is 14.2 Å². The van der Waals surface area contributed by atoms with Crippen LogP contribution in [0, 0.1) is 0 Å². The van der Waals surface area contributed by atoms with Crippen molar-refractivity contribution in [1.29, 1.82) is 0 Å². The molecular formula is C25H23N3O5. The van der Waals surface area contributed by atoms with Crippen LogP contribution < -0.4 is 14.8 Å². The van der Waals surface area contributed by atoms with Gasteiger partial charge in [-0.05, 0) is 35.9 Å². The molecule has 0 bridgehead atoms. The Hall–Kier alpha value is -4.33. The second-order valence-electron chi connectivity index (χ2n) is 7.28. The number of amides is 1. The van der Waals surface area contributed by atoms with Crippen molar-refractivity contribution in [3.05, 3.63) is 83.9 Å². The second kappa shape index (κ2) is 9.86. The largest absolute Gasteiger partial charge is 0.497 e. The zero-order valence-corrected chi connectivity index (χ0v) is 18.2. The molecule has 1 unspecified atom stereocenters. The number of rotatable bonds is 8. The Morgan fingerprint density at radius 3 is 2.39 bits per heavy atom. The van der Waals surface area contributed by atoms with Gasteiger partial charge in [-0.1, -0.05) is 42.5 Å². The van der Waals surface area contributed by atoms with Crippen LogP contribution >= 0.6 is 0 Å². The molecule has 1 amide bonds. The van der Waals surface area contributed by atoms with E-state index in [1.165, 1.54) is 7.11 Å². The van der Waals surface area contributed by atoms with Gasteiger partial charge >= 0.3 is 5.97 Å². The average molecular weight is 445 g/mol. The molecule has 1 atom stereocenters. The molecule has 8 nitrogen and oxygen atoms in total. The van der Waals surface area contributed by atoms with Crippen LogP contribution in [-0.2, 0) is 20.7 Å². The maximum absolute atomic E-state index is 12.6. The highest BCUT2D eigenvalue weighted by atomic mass is 16.6. The first-order chi connectivity index (χ1) is 16.1. The molecule has 4 aromatic rings. The molecule has 168 valence electrons. The van der Waals surface area contributed by atoms with Crippen molar-refractivity contribution in [3.8, 4) is 11.5 Å². The summed E-state index contributed by atoms with van der Waals surface area (Å²) in [4.78, 5) is 24.9. The Kier molecular flexibility index (Phi) is 6.54. The van der Waals surface area contributed by atoms with E-state index in [0.29, 0.717) is 22.5 Å².